The maximum Gasteiger partial charge on any atom is 0.337 e. The molecule has 0 aliphatic carbocycles. The molecule has 4 nitrogen and oxygen atoms in total. The molecule has 3 N–H and O–H groups in total. The zero-order valence-corrected chi connectivity index (χ0v) is 7.00. The summed E-state index contributed by atoms with van der Waals surface area (Å²) < 4.78 is 0.359. The van der Waals surface area contributed by atoms with E-state index in [4.69, 9.17) is 10.8 Å². The van der Waals surface area contributed by atoms with E-state index in [1.54, 1.807) is 0 Å². The van der Waals surface area contributed by atoms with Gasteiger partial charge in [-0.25, -0.2) is 9.78 Å². The molecule has 0 unspecified atom stereocenters. The fourth-order valence-corrected chi connectivity index (χ4v) is 0.966. The number of nitrogens with zero attached hydrogens (tertiary/aromatic N) is 1. The van der Waals surface area contributed by atoms with Crippen LogP contribution in [0.15, 0.2) is 16.9 Å². The van der Waals surface area contributed by atoms with Gasteiger partial charge in [0.25, 0.3) is 0 Å². The molecule has 0 bridgehead atoms. The first-order valence-electron chi connectivity index (χ1n) is 2.76. The van der Waals surface area contributed by atoms with Gasteiger partial charge in [-0.2, -0.15) is 0 Å². The number of nitrogen functional groups attached to an aromatic ring is 1. The second-order valence-electron chi connectivity index (χ2n) is 1.87. The van der Waals surface area contributed by atoms with Gasteiger partial charge in [0, 0.05) is 6.20 Å². The Hall–Kier alpha value is -1.10. The van der Waals surface area contributed by atoms with Crippen LogP contribution in [0, 0.1) is 0 Å². The Morgan fingerprint density at radius 1 is 1.73 bits per heavy atom. The lowest BCUT2D eigenvalue weighted by molar-refractivity contribution is 0.0698. The molecule has 0 saturated heterocycles. The molecule has 0 spiro atoms. The third-order valence-electron chi connectivity index (χ3n) is 1.17. The van der Waals surface area contributed by atoms with Crippen LogP contribution in [0.5, 0.6) is 0 Å². The molecular weight excluding hydrogens is 212 g/mol. The summed E-state index contributed by atoms with van der Waals surface area (Å²) in [4.78, 5) is 14.2. The largest absolute Gasteiger partial charge is 0.478 e. The van der Waals surface area contributed by atoms with E-state index in [9.17, 15) is 4.79 Å². The Morgan fingerprint density at radius 3 is 2.82 bits per heavy atom. The molecule has 11 heavy (non-hydrogen) atoms. The number of aromatic nitrogens is 1. The van der Waals surface area contributed by atoms with Crippen LogP contribution in [0.1, 0.15) is 10.4 Å². The van der Waals surface area contributed by atoms with Crippen LogP contribution in [-0.2, 0) is 0 Å². The Balaban J connectivity index is 3.27. The minimum atomic E-state index is -1.05. The molecule has 0 aromatic carbocycles. The zero-order valence-electron chi connectivity index (χ0n) is 5.41. The summed E-state index contributed by atoms with van der Waals surface area (Å²) >= 11 is 3.01. The van der Waals surface area contributed by atoms with Gasteiger partial charge in [-0.3, -0.25) is 0 Å². The van der Waals surface area contributed by atoms with Crippen molar-refractivity contribution < 1.29 is 9.90 Å². The SMILES string of the molecule is Nc1c(C(=O)O)ccnc1Br. The van der Waals surface area contributed by atoms with Crippen molar-refractivity contribution in [2.24, 2.45) is 0 Å². The lowest BCUT2D eigenvalue weighted by Crippen LogP contribution is -2.03. The van der Waals surface area contributed by atoms with Crippen LogP contribution >= 0.6 is 15.9 Å². The Kier molecular flexibility index (Phi) is 2.09. The van der Waals surface area contributed by atoms with Gasteiger partial charge < -0.3 is 10.8 Å². The van der Waals surface area contributed by atoms with Crippen LogP contribution in [0.25, 0.3) is 0 Å². The summed E-state index contributed by atoms with van der Waals surface area (Å²) in [6.07, 6.45) is 1.38. The van der Waals surface area contributed by atoms with Crippen molar-refractivity contribution in [1.82, 2.24) is 4.98 Å². The number of carboxylic acid groups (broad SMARTS) is 1. The van der Waals surface area contributed by atoms with Gasteiger partial charge in [0.2, 0.25) is 0 Å². The molecule has 1 rings (SSSR count). The number of carbonyl (C=O) groups is 1. The Morgan fingerprint density at radius 2 is 2.36 bits per heavy atom. The van der Waals surface area contributed by atoms with Crippen molar-refractivity contribution >= 4 is 27.6 Å². The molecule has 1 aromatic rings. The Bertz CT molecular complexity index is 301. The predicted octanol–water partition coefficient (Wildman–Crippen LogP) is 1.12. The molecule has 0 aliphatic heterocycles. The highest BCUT2D eigenvalue weighted by Crippen LogP contribution is 2.19. The molecule has 0 fully saturated rings. The number of hydrogen-bond acceptors (Lipinski definition) is 3. The molecule has 0 aliphatic rings. The molecule has 0 amide bonds. The lowest BCUT2D eigenvalue weighted by atomic mass is 10.2. The zero-order chi connectivity index (χ0) is 8.43. The molecule has 58 valence electrons. The number of hydrogen-bond donors (Lipinski definition) is 2. The molecule has 0 saturated carbocycles. The van der Waals surface area contributed by atoms with Crippen molar-refractivity contribution in [2.45, 2.75) is 0 Å². The average Bonchev–Trinajstić information content (AvgIpc) is 1.94. The first-order valence-corrected chi connectivity index (χ1v) is 3.55. The highest BCUT2D eigenvalue weighted by molar-refractivity contribution is 9.10. The predicted molar refractivity (Wildman–Crippen MR) is 43.3 cm³/mol. The summed E-state index contributed by atoms with van der Waals surface area (Å²) in [7, 11) is 0. The van der Waals surface area contributed by atoms with E-state index < -0.39 is 5.97 Å². The maximum absolute atomic E-state index is 10.4. The number of rotatable bonds is 1. The van der Waals surface area contributed by atoms with E-state index in [0.717, 1.165) is 0 Å². The third kappa shape index (κ3) is 1.48. The standard InChI is InChI=1S/C6H5BrN2O2/c7-5-4(8)3(6(10)11)1-2-9-5/h1-2H,8H2,(H,10,11). The molecule has 5 heteroatoms. The van der Waals surface area contributed by atoms with Crippen molar-refractivity contribution in [2.75, 3.05) is 5.73 Å². The first kappa shape index (κ1) is 8.00. The Labute approximate surface area is 71.2 Å². The van der Waals surface area contributed by atoms with E-state index in [-0.39, 0.29) is 11.3 Å². The van der Waals surface area contributed by atoms with Crippen LogP contribution < -0.4 is 5.73 Å². The van der Waals surface area contributed by atoms with Crippen molar-refractivity contribution in [1.29, 1.82) is 0 Å². The van der Waals surface area contributed by atoms with Gasteiger partial charge in [0.05, 0.1) is 11.3 Å². The van der Waals surface area contributed by atoms with Crippen LogP contribution in [0.3, 0.4) is 0 Å². The summed E-state index contributed by atoms with van der Waals surface area (Å²) in [5.74, 6) is -1.05. The minimum absolute atomic E-state index is 0.0619. The maximum atomic E-state index is 10.4. The van der Waals surface area contributed by atoms with Crippen molar-refractivity contribution in [3.05, 3.63) is 22.4 Å². The average molecular weight is 217 g/mol. The van der Waals surface area contributed by atoms with Crippen LogP contribution in [0.4, 0.5) is 5.69 Å². The highest BCUT2D eigenvalue weighted by Gasteiger charge is 2.09. The van der Waals surface area contributed by atoms with E-state index in [2.05, 4.69) is 20.9 Å². The monoisotopic (exact) mass is 216 g/mol. The lowest BCUT2D eigenvalue weighted by Gasteiger charge is -1.99. The van der Waals surface area contributed by atoms with Crippen LogP contribution in [0.2, 0.25) is 0 Å². The fraction of sp³-hybridized carbons (Fsp3) is 0. The quantitative estimate of drug-likeness (QED) is 0.691. The summed E-state index contributed by atoms with van der Waals surface area (Å²) in [5, 5.41) is 8.56. The van der Waals surface area contributed by atoms with Crippen molar-refractivity contribution in [3.63, 3.8) is 0 Å². The van der Waals surface area contributed by atoms with Gasteiger partial charge >= 0.3 is 5.97 Å². The van der Waals surface area contributed by atoms with Crippen molar-refractivity contribution in [3.8, 4) is 0 Å². The number of aromatic carboxylic acids is 1. The number of nitrogens with two attached hydrogens (primary N) is 1. The molecule has 0 atom stereocenters. The smallest absolute Gasteiger partial charge is 0.337 e. The van der Waals surface area contributed by atoms with Gasteiger partial charge in [0.15, 0.2) is 0 Å². The van der Waals surface area contributed by atoms with Gasteiger partial charge in [-0.05, 0) is 22.0 Å². The van der Waals surface area contributed by atoms with E-state index >= 15 is 0 Å². The van der Waals surface area contributed by atoms with Gasteiger partial charge in [-0.1, -0.05) is 0 Å². The minimum Gasteiger partial charge on any atom is -0.478 e. The topological polar surface area (TPSA) is 76.2 Å². The highest BCUT2D eigenvalue weighted by atomic mass is 79.9. The fourth-order valence-electron chi connectivity index (χ4n) is 0.634. The second kappa shape index (κ2) is 2.87. The van der Waals surface area contributed by atoms with Gasteiger partial charge in [0.1, 0.15) is 4.60 Å². The summed E-state index contributed by atoms with van der Waals surface area (Å²) in [5.41, 5.74) is 5.61. The second-order valence-corrected chi connectivity index (χ2v) is 2.62. The summed E-state index contributed by atoms with van der Waals surface area (Å²) in [6.45, 7) is 0. The number of carboxylic acids is 1. The number of halogens is 1. The first-order chi connectivity index (χ1) is 5.13. The molecular formula is C6H5BrN2O2. The molecule has 1 heterocycles. The molecule has 1 aromatic heterocycles. The van der Waals surface area contributed by atoms with E-state index in [1.807, 2.05) is 0 Å². The molecule has 0 radical (unpaired) electrons. The van der Waals surface area contributed by atoms with Gasteiger partial charge in [-0.15, -0.1) is 0 Å². The third-order valence-corrected chi connectivity index (χ3v) is 1.80. The van der Waals surface area contributed by atoms with Crippen LogP contribution in [-0.4, -0.2) is 16.1 Å². The van der Waals surface area contributed by atoms with E-state index in [0.29, 0.717) is 4.60 Å². The number of pyridine rings is 1. The summed E-state index contributed by atoms with van der Waals surface area (Å²) in [6, 6.07) is 1.35. The normalized spacial score (nSPS) is 9.55. The number of anilines is 1. The van der Waals surface area contributed by atoms with E-state index in [1.165, 1.54) is 12.3 Å².